The van der Waals surface area contributed by atoms with Gasteiger partial charge in [-0.1, -0.05) is 60.7 Å². The number of H-pyrrole nitrogens is 1. The lowest BCUT2D eigenvalue weighted by Crippen LogP contribution is -2.27. The number of nitrogens with two attached hydrogens (primary N) is 1. The first-order valence-corrected chi connectivity index (χ1v) is 6.50. The summed E-state index contributed by atoms with van der Waals surface area (Å²) in [4.78, 5) is 4.35. The maximum atomic E-state index is 5.68. The summed E-state index contributed by atoms with van der Waals surface area (Å²) in [6.07, 6.45) is 0. The third-order valence-electron chi connectivity index (χ3n) is 3.68. The van der Waals surface area contributed by atoms with Gasteiger partial charge in [-0.2, -0.15) is 4.98 Å². The molecule has 3 rings (SSSR count). The number of nitrogens with one attached hydrogen (secondary N) is 1. The Balaban J connectivity index is 2.23. The molecule has 3 aromatic rings. The molecule has 0 fully saturated rings. The highest BCUT2D eigenvalue weighted by atomic mass is 15.3. The minimum Gasteiger partial charge on any atom is -0.367 e. The molecule has 0 aliphatic rings. The molecular weight excluding hydrogens is 248 g/mol. The van der Waals surface area contributed by atoms with E-state index in [1.807, 2.05) is 36.4 Å². The second-order valence-electron chi connectivity index (χ2n) is 4.90. The molecule has 0 bridgehead atoms. The van der Waals surface area contributed by atoms with Gasteiger partial charge in [0.05, 0.1) is 5.41 Å². The summed E-state index contributed by atoms with van der Waals surface area (Å²) in [5.74, 6) is 1.01. The third kappa shape index (κ3) is 1.95. The summed E-state index contributed by atoms with van der Waals surface area (Å²) in [6.45, 7) is 2.12. The summed E-state index contributed by atoms with van der Waals surface area (Å²) < 4.78 is 0. The van der Waals surface area contributed by atoms with E-state index in [0.29, 0.717) is 0 Å². The summed E-state index contributed by atoms with van der Waals surface area (Å²) in [5, 5.41) is 6.93. The van der Waals surface area contributed by atoms with Gasteiger partial charge >= 0.3 is 0 Å². The number of nitrogen functional groups attached to an aromatic ring is 1. The molecule has 20 heavy (non-hydrogen) atoms. The van der Waals surface area contributed by atoms with Crippen LogP contribution in [0.15, 0.2) is 60.7 Å². The van der Waals surface area contributed by atoms with Gasteiger partial charge in [0.2, 0.25) is 5.95 Å². The lowest BCUT2D eigenvalue weighted by atomic mass is 9.75. The zero-order chi connectivity index (χ0) is 14.0. The van der Waals surface area contributed by atoms with Crippen molar-refractivity contribution < 1.29 is 0 Å². The van der Waals surface area contributed by atoms with Gasteiger partial charge in [-0.05, 0) is 18.1 Å². The molecule has 0 spiro atoms. The molecule has 2 aromatic carbocycles. The van der Waals surface area contributed by atoms with Crippen molar-refractivity contribution in [2.24, 2.45) is 0 Å². The number of aromatic nitrogens is 3. The molecule has 4 heteroatoms. The zero-order valence-corrected chi connectivity index (χ0v) is 11.2. The van der Waals surface area contributed by atoms with Crippen LogP contribution in [0, 0.1) is 0 Å². The fourth-order valence-corrected chi connectivity index (χ4v) is 2.48. The Hall–Kier alpha value is -2.62. The van der Waals surface area contributed by atoms with Gasteiger partial charge in [0.25, 0.3) is 0 Å². The number of aromatic amines is 1. The molecule has 0 saturated carbocycles. The molecule has 0 aliphatic carbocycles. The molecule has 1 heterocycles. The van der Waals surface area contributed by atoms with Gasteiger partial charge in [-0.3, -0.25) is 5.10 Å². The van der Waals surface area contributed by atoms with E-state index in [2.05, 4.69) is 46.4 Å². The Morgan fingerprint density at radius 3 is 1.80 bits per heavy atom. The SMILES string of the molecule is CC(c1ccccc1)(c1ccccc1)c1nc(N)n[nH]1. The number of benzene rings is 2. The van der Waals surface area contributed by atoms with Crippen LogP contribution in [-0.4, -0.2) is 15.2 Å². The van der Waals surface area contributed by atoms with Crippen molar-refractivity contribution >= 4 is 5.95 Å². The molecule has 100 valence electrons. The topological polar surface area (TPSA) is 67.6 Å². The van der Waals surface area contributed by atoms with Crippen molar-refractivity contribution in [1.82, 2.24) is 15.2 Å². The molecule has 0 atom stereocenters. The van der Waals surface area contributed by atoms with E-state index in [1.165, 1.54) is 0 Å². The monoisotopic (exact) mass is 264 g/mol. The van der Waals surface area contributed by atoms with Crippen LogP contribution in [0.1, 0.15) is 23.9 Å². The molecule has 0 amide bonds. The van der Waals surface area contributed by atoms with E-state index in [1.54, 1.807) is 0 Å². The summed E-state index contributed by atoms with van der Waals surface area (Å²) in [5.41, 5.74) is 7.55. The van der Waals surface area contributed by atoms with E-state index in [-0.39, 0.29) is 5.95 Å². The fourth-order valence-electron chi connectivity index (χ4n) is 2.48. The van der Waals surface area contributed by atoms with Gasteiger partial charge in [0.1, 0.15) is 5.82 Å². The maximum Gasteiger partial charge on any atom is 0.239 e. The van der Waals surface area contributed by atoms with Crippen LogP contribution < -0.4 is 5.73 Å². The normalized spacial score (nSPS) is 11.4. The highest BCUT2D eigenvalue weighted by Gasteiger charge is 2.34. The molecule has 0 radical (unpaired) electrons. The predicted molar refractivity (Wildman–Crippen MR) is 79.2 cm³/mol. The Labute approximate surface area is 117 Å². The standard InChI is InChI=1S/C16H16N4/c1-16(12-8-4-2-5-9-12,13-10-6-3-7-11-13)14-18-15(17)20-19-14/h2-11H,1H3,(H3,17,18,19,20). The molecular formula is C16H16N4. The van der Waals surface area contributed by atoms with E-state index in [0.717, 1.165) is 17.0 Å². The molecule has 1 aromatic heterocycles. The van der Waals surface area contributed by atoms with Crippen molar-refractivity contribution in [1.29, 1.82) is 0 Å². The van der Waals surface area contributed by atoms with Crippen LogP contribution in [0.5, 0.6) is 0 Å². The first-order valence-electron chi connectivity index (χ1n) is 6.50. The van der Waals surface area contributed by atoms with Crippen molar-refractivity contribution in [2.45, 2.75) is 12.3 Å². The molecule has 0 aliphatic heterocycles. The quantitative estimate of drug-likeness (QED) is 0.764. The van der Waals surface area contributed by atoms with Crippen LogP contribution >= 0.6 is 0 Å². The lowest BCUT2D eigenvalue weighted by molar-refractivity contribution is 0.639. The fraction of sp³-hybridized carbons (Fsp3) is 0.125. The van der Waals surface area contributed by atoms with Crippen molar-refractivity contribution in [3.05, 3.63) is 77.6 Å². The van der Waals surface area contributed by atoms with Gasteiger partial charge in [-0.25, -0.2) is 0 Å². The van der Waals surface area contributed by atoms with Gasteiger partial charge in [0, 0.05) is 0 Å². The van der Waals surface area contributed by atoms with Crippen molar-refractivity contribution in [3.63, 3.8) is 0 Å². The number of hydrogen-bond acceptors (Lipinski definition) is 3. The number of nitrogens with zero attached hydrogens (tertiary/aromatic N) is 2. The Morgan fingerprint density at radius 2 is 1.40 bits per heavy atom. The molecule has 4 nitrogen and oxygen atoms in total. The van der Waals surface area contributed by atoms with Crippen LogP contribution in [0.25, 0.3) is 0 Å². The minimum atomic E-state index is -0.410. The summed E-state index contributed by atoms with van der Waals surface area (Å²) in [7, 11) is 0. The average Bonchev–Trinajstić information content (AvgIpc) is 2.95. The number of hydrogen-bond donors (Lipinski definition) is 2. The largest absolute Gasteiger partial charge is 0.367 e. The van der Waals surface area contributed by atoms with Crippen molar-refractivity contribution in [3.8, 4) is 0 Å². The molecule has 0 saturated heterocycles. The van der Waals surface area contributed by atoms with Crippen molar-refractivity contribution in [2.75, 3.05) is 5.73 Å². The van der Waals surface area contributed by atoms with E-state index in [9.17, 15) is 0 Å². The maximum absolute atomic E-state index is 5.68. The highest BCUT2D eigenvalue weighted by Crippen LogP contribution is 2.36. The molecule has 0 unspecified atom stereocenters. The number of anilines is 1. The van der Waals surface area contributed by atoms with E-state index < -0.39 is 5.41 Å². The third-order valence-corrected chi connectivity index (χ3v) is 3.68. The van der Waals surface area contributed by atoms with Gasteiger partial charge in [0.15, 0.2) is 0 Å². The van der Waals surface area contributed by atoms with E-state index in [4.69, 9.17) is 5.73 Å². The summed E-state index contributed by atoms with van der Waals surface area (Å²) in [6, 6.07) is 20.5. The van der Waals surface area contributed by atoms with Crippen LogP contribution in [0.3, 0.4) is 0 Å². The second kappa shape index (κ2) is 4.81. The predicted octanol–water partition coefficient (Wildman–Crippen LogP) is 2.74. The second-order valence-corrected chi connectivity index (χ2v) is 4.90. The Kier molecular flexibility index (Phi) is 2.99. The van der Waals surface area contributed by atoms with Gasteiger partial charge in [-0.15, -0.1) is 5.10 Å². The van der Waals surface area contributed by atoms with Crippen LogP contribution in [-0.2, 0) is 5.41 Å². The smallest absolute Gasteiger partial charge is 0.239 e. The van der Waals surface area contributed by atoms with E-state index >= 15 is 0 Å². The summed E-state index contributed by atoms with van der Waals surface area (Å²) >= 11 is 0. The Morgan fingerprint density at radius 1 is 0.900 bits per heavy atom. The number of rotatable bonds is 3. The first kappa shape index (κ1) is 12.4. The zero-order valence-electron chi connectivity index (χ0n) is 11.2. The van der Waals surface area contributed by atoms with Gasteiger partial charge < -0.3 is 5.73 Å². The highest BCUT2D eigenvalue weighted by molar-refractivity contribution is 5.45. The van der Waals surface area contributed by atoms with Crippen LogP contribution in [0.2, 0.25) is 0 Å². The Bertz CT molecular complexity index is 649. The first-order chi connectivity index (χ1) is 9.71. The van der Waals surface area contributed by atoms with Crippen LogP contribution in [0.4, 0.5) is 5.95 Å². The average molecular weight is 264 g/mol. The lowest BCUT2D eigenvalue weighted by Gasteiger charge is -2.28. The minimum absolute atomic E-state index is 0.262. The molecule has 3 N–H and O–H groups in total.